The fourth-order valence-electron chi connectivity index (χ4n) is 4.37. The predicted molar refractivity (Wildman–Crippen MR) is 140 cm³/mol. The molecule has 192 valence electrons. The van der Waals surface area contributed by atoms with Crippen molar-refractivity contribution in [1.29, 1.82) is 0 Å². The van der Waals surface area contributed by atoms with E-state index in [0.29, 0.717) is 17.2 Å². The summed E-state index contributed by atoms with van der Waals surface area (Å²) in [6, 6.07) is 10.5. The normalized spacial score (nSPS) is 14.7. The Morgan fingerprint density at radius 1 is 1.16 bits per heavy atom. The van der Waals surface area contributed by atoms with Gasteiger partial charge in [-0.3, -0.25) is 24.4 Å². The summed E-state index contributed by atoms with van der Waals surface area (Å²) in [5.41, 5.74) is 1.06. The number of carbonyl (C=O) groups is 1. The number of hydrogen-bond donors (Lipinski definition) is 2. The highest BCUT2D eigenvalue weighted by Gasteiger charge is 2.25. The lowest BCUT2D eigenvalue weighted by molar-refractivity contribution is 0.0175. The lowest BCUT2D eigenvalue weighted by Gasteiger charge is -2.26. The van der Waals surface area contributed by atoms with Crippen molar-refractivity contribution in [3.63, 3.8) is 0 Å². The zero-order valence-electron chi connectivity index (χ0n) is 20.4. The Balaban J connectivity index is 1.47. The average molecular weight is 525 g/mol. The molecule has 2 N–H and O–H groups in total. The highest BCUT2D eigenvalue weighted by atomic mass is 32.1. The number of aromatic nitrogens is 3. The molecule has 1 amide bonds. The third kappa shape index (κ3) is 5.29. The second kappa shape index (κ2) is 10.1. The summed E-state index contributed by atoms with van der Waals surface area (Å²) < 4.78 is 29.2. The van der Waals surface area contributed by atoms with Gasteiger partial charge in [0.2, 0.25) is 0 Å². The maximum atomic E-state index is 13.9. The first-order valence-electron chi connectivity index (χ1n) is 11.9. The highest BCUT2D eigenvalue weighted by Crippen LogP contribution is 2.30. The number of hydrogen-bond acceptors (Lipinski definition) is 7. The number of benzene rings is 2. The summed E-state index contributed by atoms with van der Waals surface area (Å²) in [4.78, 5) is 37.8. The molecular formula is C26H26F2N6O2S. The van der Waals surface area contributed by atoms with Crippen molar-refractivity contribution < 1.29 is 13.6 Å². The van der Waals surface area contributed by atoms with Crippen molar-refractivity contribution >= 4 is 33.3 Å². The number of anilines is 1. The Kier molecular flexibility index (Phi) is 6.84. The standard InChI is InChI=1S/C26H26F2N6O2S/c1-26(27,28)17-6-3-5-16(13-17)22-31-21-19(7-4-8-20(21)24(36)33(22)2)23(35)32-25-30-18(15-37-25)14-34-11-9-29-10-12-34/h3-8,13,15,29H,9-12,14H2,1-2H3,(H,30,32,35). The molecule has 2 aromatic heterocycles. The Labute approximate surface area is 216 Å². The minimum Gasteiger partial charge on any atom is -0.314 e. The number of nitrogens with zero attached hydrogens (tertiary/aromatic N) is 4. The van der Waals surface area contributed by atoms with Crippen molar-refractivity contribution in [2.75, 3.05) is 31.5 Å². The van der Waals surface area contributed by atoms with Crippen molar-refractivity contribution in [3.05, 3.63) is 75.0 Å². The molecule has 0 unspecified atom stereocenters. The topological polar surface area (TPSA) is 92.2 Å². The van der Waals surface area contributed by atoms with E-state index in [0.717, 1.165) is 38.8 Å². The van der Waals surface area contributed by atoms with Crippen LogP contribution in [0.25, 0.3) is 22.3 Å². The fourth-order valence-corrected chi connectivity index (χ4v) is 5.06. The monoisotopic (exact) mass is 524 g/mol. The summed E-state index contributed by atoms with van der Waals surface area (Å²) in [7, 11) is 1.53. The average Bonchev–Trinajstić information content (AvgIpc) is 3.32. The maximum Gasteiger partial charge on any atom is 0.270 e. The number of amides is 1. The highest BCUT2D eigenvalue weighted by molar-refractivity contribution is 7.14. The number of carbonyl (C=O) groups excluding carboxylic acids is 1. The van der Waals surface area contributed by atoms with Gasteiger partial charge in [-0.15, -0.1) is 11.3 Å². The van der Waals surface area contributed by atoms with Crippen molar-refractivity contribution in [2.24, 2.45) is 7.05 Å². The summed E-state index contributed by atoms with van der Waals surface area (Å²) in [6.45, 7) is 5.28. The van der Waals surface area contributed by atoms with Gasteiger partial charge in [-0.2, -0.15) is 0 Å². The Bertz CT molecular complexity index is 1520. The smallest absolute Gasteiger partial charge is 0.270 e. The van der Waals surface area contributed by atoms with E-state index in [1.807, 2.05) is 5.38 Å². The van der Waals surface area contributed by atoms with E-state index in [2.05, 4.69) is 25.5 Å². The second-order valence-electron chi connectivity index (χ2n) is 9.09. The molecule has 0 radical (unpaired) electrons. The molecule has 8 nitrogen and oxygen atoms in total. The van der Waals surface area contributed by atoms with Gasteiger partial charge in [0.05, 0.1) is 22.2 Å². The first-order chi connectivity index (χ1) is 17.7. The molecule has 2 aromatic carbocycles. The van der Waals surface area contributed by atoms with Crippen molar-refractivity contribution in [3.8, 4) is 11.4 Å². The number of fused-ring (bicyclic) bond motifs is 1. The van der Waals surface area contributed by atoms with Crippen molar-refractivity contribution in [2.45, 2.75) is 19.4 Å². The van der Waals surface area contributed by atoms with Crippen LogP contribution in [0.5, 0.6) is 0 Å². The Hall–Kier alpha value is -3.54. The minimum atomic E-state index is -3.05. The fraction of sp³-hybridized carbons (Fsp3) is 0.308. The van der Waals surface area contributed by atoms with Crippen LogP contribution in [0.15, 0.2) is 52.6 Å². The zero-order valence-corrected chi connectivity index (χ0v) is 21.2. The van der Waals surface area contributed by atoms with Crippen molar-refractivity contribution in [1.82, 2.24) is 24.8 Å². The molecule has 1 aliphatic rings. The predicted octanol–water partition coefficient (Wildman–Crippen LogP) is 3.83. The molecule has 4 aromatic rings. The van der Waals surface area contributed by atoms with Crippen LogP contribution >= 0.6 is 11.3 Å². The number of halogens is 2. The molecule has 11 heteroatoms. The van der Waals surface area contributed by atoms with Crippen LogP contribution in [0.1, 0.15) is 28.5 Å². The molecule has 37 heavy (non-hydrogen) atoms. The van der Waals surface area contributed by atoms with Crippen LogP contribution in [0.3, 0.4) is 0 Å². The SMILES string of the molecule is Cn1c(-c2cccc(C(C)(F)F)c2)nc2c(C(=O)Nc3nc(CN4CCNCC4)cs3)cccc2c1=O. The van der Waals surface area contributed by atoms with Gasteiger partial charge < -0.3 is 5.32 Å². The lowest BCUT2D eigenvalue weighted by atomic mass is 10.0. The van der Waals surface area contributed by atoms with E-state index >= 15 is 0 Å². The van der Waals surface area contributed by atoms with Crippen LogP contribution in [-0.4, -0.2) is 51.5 Å². The van der Waals surface area contributed by atoms with E-state index in [1.54, 1.807) is 24.3 Å². The summed E-state index contributed by atoms with van der Waals surface area (Å²) >= 11 is 1.33. The van der Waals surface area contributed by atoms with Gasteiger partial charge in [-0.25, -0.2) is 18.7 Å². The van der Waals surface area contributed by atoms with E-state index < -0.39 is 11.8 Å². The molecular weight excluding hydrogens is 498 g/mol. The summed E-state index contributed by atoms with van der Waals surface area (Å²) in [6.07, 6.45) is 0. The van der Waals surface area contributed by atoms with E-state index in [9.17, 15) is 18.4 Å². The number of nitrogens with one attached hydrogen (secondary N) is 2. The Morgan fingerprint density at radius 3 is 2.68 bits per heavy atom. The van der Waals surface area contributed by atoms with Gasteiger partial charge in [-0.05, 0) is 18.2 Å². The molecule has 0 spiro atoms. The summed E-state index contributed by atoms with van der Waals surface area (Å²) in [5, 5.41) is 8.77. The lowest BCUT2D eigenvalue weighted by Crippen LogP contribution is -2.42. The molecule has 1 aliphatic heterocycles. The maximum absolute atomic E-state index is 13.9. The van der Waals surface area contributed by atoms with Gasteiger partial charge in [0.1, 0.15) is 5.82 Å². The number of rotatable bonds is 6. The molecule has 5 rings (SSSR count). The third-order valence-corrected chi connectivity index (χ3v) is 7.15. The molecule has 0 aliphatic carbocycles. The minimum absolute atomic E-state index is 0.189. The number of piperazine rings is 1. The number of thiazole rings is 1. The van der Waals surface area contributed by atoms with Gasteiger partial charge in [0.25, 0.3) is 17.4 Å². The quantitative estimate of drug-likeness (QED) is 0.399. The first-order valence-corrected chi connectivity index (χ1v) is 12.8. The van der Waals surface area contributed by atoms with Gasteiger partial charge >= 0.3 is 0 Å². The largest absolute Gasteiger partial charge is 0.314 e. The van der Waals surface area contributed by atoms with Crippen LogP contribution in [0.4, 0.5) is 13.9 Å². The van der Waals surface area contributed by atoms with E-state index in [-0.39, 0.29) is 33.4 Å². The van der Waals surface area contributed by atoms with E-state index in [4.69, 9.17) is 0 Å². The van der Waals surface area contributed by atoms with Crippen LogP contribution in [0, 0.1) is 0 Å². The van der Waals surface area contributed by atoms with E-state index in [1.165, 1.54) is 41.2 Å². The molecule has 1 fully saturated rings. The summed E-state index contributed by atoms with van der Waals surface area (Å²) in [5.74, 6) is -3.31. The number of para-hydroxylation sites is 1. The second-order valence-corrected chi connectivity index (χ2v) is 9.95. The van der Waals surface area contributed by atoms with Gasteiger partial charge in [0, 0.05) is 63.2 Å². The molecule has 0 atom stereocenters. The molecule has 3 heterocycles. The zero-order chi connectivity index (χ0) is 26.2. The third-order valence-electron chi connectivity index (χ3n) is 6.35. The number of alkyl halides is 2. The van der Waals surface area contributed by atoms with Gasteiger partial charge in [-0.1, -0.05) is 24.3 Å². The first kappa shape index (κ1) is 25.1. The molecule has 0 bridgehead atoms. The molecule has 1 saturated heterocycles. The van der Waals surface area contributed by atoms with Crippen LogP contribution in [-0.2, 0) is 19.5 Å². The van der Waals surface area contributed by atoms with Crippen LogP contribution in [0.2, 0.25) is 0 Å². The molecule has 0 saturated carbocycles. The Morgan fingerprint density at radius 2 is 1.92 bits per heavy atom. The van der Waals surface area contributed by atoms with Crippen LogP contribution < -0.4 is 16.2 Å². The van der Waals surface area contributed by atoms with Gasteiger partial charge in [0.15, 0.2) is 5.13 Å².